The zero-order chi connectivity index (χ0) is 27.7. The normalized spacial score (nSPS) is 12.1. The fraction of sp³-hybridized carbons (Fsp3) is 0.576. The summed E-state index contributed by atoms with van der Waals surface area (Å²) in [7, 11) is -4.12. The van der Waals surface area contributed by atoms with Crippen LogP contribution in [0.25, 0.3) is 0 Å². The van der Waals surface area contributed by atoms with Crippen LogP contribution in [0.1, 0.15) is 88.6 Å². The highest BCUT2D eigenvalue weighted by atomic mass is 28.3. The summed E-state index contributed by atoms with van der Waals surface area (Å²) >= 11 is 0. The van der Waals surface area contributed by atoms with Crippen LogP contribution in [0, 0.1) is 46.6 Å². The summed E-state index contributed by atoms with van der Waals surface area (Å²) < 4.78 is 0. The van der Waals surface area contributed by atoms with Crippen LogP contribution in [0.15, 0.2) is 30.3 Å². The van der Waals surface area contributed by atoms with Crippen LogP contribution in [-0.2, 0) is 0 Å². The summed E-state index contributed by atoms with van der Waals surface area (Å²) in [6.45, 7) is 27.3. The molecule has 0 fully saturated rings. The van der Waals surface area contributed by atoms with Crippen molar-refractivity contribution in [2.45, 2.75) is 122 Å². The second-order valence-electron chi connectivity index (χ2n) is 11.9. The molecule has 0 bridgehead atoms. The van der Waals surface area contributed by atoms with Crippen molar-refractivity contribution in [2.75, 3.05) is 0 Å². The van der Waals surface area contributed by atoms with Crippen LogP contribution in [-0.4, -0.2) is 26.9 Å². The predicted octanol–water partition coefficient (Wildman–Crippen LogP) is 8.22. The van der Waals surface area contributed by atoms with Gasteiger partial charge in [-0.05, 0) is 75.0 Å². The van der Waals surface area contributed by atoms with E-state index in [2.05, 4.69) is 130 Å². The highest BCUT2D eigenvalue weighted by Crippen LogP contribution is 2.42. The third-order valence-electron chi connectivity index (χ3n) is 7.94. The Morgan fingerprint density at radius 3 is 1.25 bits per heavy atom. The quantitative estimate of drug-likeness (QED) is 0.298. The standard InChI is InChI=1S/C33H48OSi2/c1-26(2)35(27(3)4,28(5)6)24-22-33(34,21-17-16-20-32-18-14-13-15-19-32)23-25-36(29(7)8,30(9)10)31(11)12/h13-15,18-19,26-31,34H,1-12H3. The highest BCUT2D eigenvalue weighted by Gasteiger charge is 2.43. The first-order valence-electron chi connectivity index (χ1n) is 13.5. The summed E-state index contributed by atoms with van der Waals surface area (Å²) in [4.78, 5) is 0. The van der Waals surface area contributed by atoms with E-state index < -0.39 is 21.7 Å². The molecule has 1 N–H and O–H groups in total. The molecule has 0 aliphatic heterocycles. The summed E-state index contributed by atoms with van der Waals surface area (Å²) in [5.41, 5.74) is 9.28. The number of hydrogen-bond acceptors (Lipinski definition) is 1. The lowest BCUT2D eigenvalue weighted by Gasteiger charge is -2.38. The van der Waals surface area contributed by atoms with Gasteiger partial charge in [-0.15, -0.1) is 11.1 Å². The maximum atomic E-state index is 11.8. The Morgan fingerprint density at radius 1 is 0.556 bits per heavy atom. The molecule has 0 amide bonds. The molecule has 0 saturated heterocycles. The van der Waals surface area contributed by atoms with Crippen molar-refractivity contribution < 1.29 is 5.11 Å². The van der Waals surface area contributed by atoms with Gasteiger partial charge in [0.15, 0.2) is 0 Å². The topological polar surface area (TPSA) is 20.2 Å². The smallest absolute Gasteiger partial charge is 0.251 e. The van der Waals surface area contributed by atoms with Crippen LogP contribution in [0.4, 0.5) is 0 Å². The van der Waals surface area contributed by atoms with Gasteiger partial charge in [0, 0.05) is 5.56 Å². The molecular weight excluding hydrogens is 469 g/mol. The average Bonchev–Trinajstić information content (AvgIpc) is 2.77. The second-order valence-corrected chi connectivity index (χ2v) is 23.0. The molecule has 1 rings (SSSR count). The van der Waals surface area contributed by atoms with Gasteiger partial charge in [0.05, 0.1) is 0 Å². The Balaban J connectivity index is 3.81. The lowest BCUT2D eigenvalue weighted by molar-refractivity contribution is 0.224. The van der Waals surface area contributed by atoms with Crippen molar-refractivity contribution in [1.82, 2.24) is 0 Å². The van der Waals surface area contributed by atoms with Gasteiger partial charge in [-0.25, -0.2) is 0 Å². The van der Waals surface area contributed by atoms with E-state index in [0.29, 0.717) is 33.2 Å². The molecule has 1 nitrogen and oxygen atoms in total. The molecule has 0 unspecified atom stereocenters. The monoisotopic (exact) mass is 516 g/mol. The summed E-state index contributed by atoms with van der Waals surface area (Å²) in [5.74, 6) is 18.3. The lowest BCUT2D eigenvalue weighted by Crippen LogP contribution is -2.44. The van der Waals surface area contributed by atoms with Gasteiger partial charge >= 0.3 is 0 Å². The summed E-state index contributed by atoms with van der Waals surface area (Å²) in [6, 6.07) is 9.76. The summed E-state index contributed by atoms with van der Waals surface area (Å²) in [6.07, 6.45) is 0. The third-order valence-corrected chi connectivity index (χ3v) is 20.5. The highest BCUT2D eigenvalue weighted by molar-refractivity contribution is 6.91. The van der Waals surface area contributed by atoms with Crippen molar-refractivity contribution in [3.63, 3.8) is 0 Å². The van der Waals surface area contributed by atoms with Crippen LogP contribution in [0.2, 0.25) is 33.2 Å². The first-order chi connectivity index (χ1) is 16.7. The van der Waals surface area contributed by atoms with Gasteiger partial charge in [0.2, 0.25) is 0 Å². The van der Waals surface area contributed by atoms with Crippen molar-refractivity contribution in [3.8, 4) is 46.6 Å². The Hall–Kier alpha value is -2.15. The number of hydrogen-bond donors (Lipinski definition) is 1. The maximum Gasteiger partial charge on any atom is 0.251 e. The van der Waals surface area contributed by atoms with Crippen LogP contribution in [0.3, 0.4) is 0 Å². The van der Waals surface area contributed by atoms with Gasteiger partial charge in [-0.1, -0.05) is 107 Å². The minimum Gasteiger partial charge on any atom is -0.357 e. The molecule has 0 saturated carbocycles. The molecule has 0 aliphatic carbocycles. The first-order valence-corrected chi connectivity index (χ1v) is 18.0. The van der Waals surface area contributed by atoms with Crippen molar-refractivity contribution in [3.05, 3.63) is 35.9 Å². The molecule has 1 aromatic rings. The first kappa shape index (κ1) is 31.9. The van der Waals surface area contributed by atoms with E-state index >= 15 is 0 Å². The average molecular weight is 517 g/mol. The molecule has 194 valence electrons. The second kappa shape index (κ2) is 13.4. The molecule has 0 spiro atoms. The molecule has 36 heavy (non-hydrogen) atoms. The Bertz CT molecular complexity index is 1000. The molecule has 0 aliphatic rings. The van der Waals surface area contributed by atoms with E-state index in [-0.39, 0.29) is 0 Å². The molecule has 0 aromatic heterocycles. The van der Waals surface area contributed by atoms with Crippen molar-refractivity contribution >= 4 is 16.1 Å². The Kier molecular flexibility index (Phi) is 11.9. The summed E-state index contributed by atoms with van der Waals surface area (Å²) in [5, 5.41) is 11.8. The van der Waals surface area contributed by atoms with E-state index in [1.54, 1.807) is 0 Å². The van der Waals surface area contributed by atoms with E-state index in [0.717, 1.165) is 5.56 Å². The van der Waals surface area contributed by atoms with E-state index in [1.807, 2.05) is 30.3 Å². The minimum absolute atomic E-state index is 0.462. The molecule has 0 radical (unpaired) electrons. The molecule has 1 aromatic carbocycles. The zero-order valence-electron chi connectivity index (χ0n) is 24.8. The zero-order valence-corrected chi connectivity index (χ0v) is 26.8. The molecule has 3 heteroatoms. The van der Waals surface area contributed by atoms with Crippen LogP contribution < -0.4 is 0 Å². The van der Waals surface area contributed by atoms with Gasteiger partial charge in [-0.3, -0.25) is 0 Å². The lowest BCUT2D eigenvalue weighted by atomic mass is 10.1. The fourth-order valence-corrected chi connectivity index (χ4v) is 16.6. The Morgan fingerprint density at radius 2 is 0.917 bits per heavy atom. The molecular formula is C33H48OSi2. The van der Waals surface area contributed by atoms with Crippen LogP contribution >= 0.6 is 0 Å². The van der Waals surface area contributed by atoms with Crippen molar-refractivity contribution in [2.24, 2.45) is 0 Å². The maximum absolute atomic E-state index is 11.8. The Labute approximate surface area is 225 Å². The third kappa shape index (κ3) is 7.44. The SMILES string of the molecule is CC(C)[Si](C#CC(O)(C#CC#Cc1ccccc1)C#C[Si](C(C)C)(C(C)C)C(C)C)(C(C)C)C(C)C. The van der Waals surface area contributed by atoms with Gasteiger partial charge in [-0.2, -0.15) is 0 Å². The van der Waals surface area contributed by atoms with Crippen molar-refractivity contribution in [1.29, 1.82) is 0 Å². The minimum atomic E-state index is -2.06. The molecule has 0 atom stereocenters. The van der Waals surface area contributed by atoms with E-state index in [4.69, 9.17) is 0 Å². The van der Waals surface area contributed by atoms with E-state index in [1.165, 1.54) is 0 Å². The largest absolute Gasteiger partial charge is 0.357 e. The molecule has 0 heterocycles. The number of aliphatic hydroxyl groups is 1. The van der Waals surface area contributed by atoms with Gasteiger partial charge in [0.1, 0.15) is 16.1 Å². The number of benzene rings is 1. The van der Waals surface area contributed by atoms with E-state index in [9.17, 15) is 5.11 Å². The fourth-order valence-electron chi connectivity index (χ4n) is 6.10. The van der Waals surface area contributed by atoms with Crippen LogP contribution in [0.5, 0.6) is 0 Å². The number of rotatable bonds is 6. The van der Waals surface area contributed by atoms with Gasteiger partial charge in [0.25, 0.3) is 5.60 Å². The predicted molar refractivity (Wildman–Crippen MR) is 164 cm³/mol. The van der Waals surface area contributed by atoms with Gasteiger partial charge < -0.3 is 5.11 Å².